The summed E-state index contributed by atoms with van der Waals surface area (Å²) in [6, 6.07) is 16.0. The van der Waals surface area contributed by atoms with Gasteiger partial charge in [0.2, 0.25) is 0 Å². The summed E-state index contributed by atoms with van der Waals surface area (Å²) >= 11 is 0. The number of hydrogen-bond donors (Lipinski definition) is 0. The molecule has 5 heteroatoms. The second kappa shape index (κ2) is 7.37. The van der Waals surface area contributed by atoms with E-state index in [9.17, 15) is 4.79 Å². The average molecular weight is 361 g/mol. The molecule has 2 unspecified atom stereocenters. The van der Waals surface area contributed by atoms with Crippen molar-refractivity contribution in [2.24, 2.45) is 0 Å². The van der Waals surface area contributed by atoms with Crippen molar-refractivity contribution >= 4 is 5.91 Å². The minimum absolute atomic E-state index is 0.0191. The molecule has 0 radical (unpaired) electrons. The predicted molar refractivity (Wildman–Crippen MR) is 104 cm³/mol. The molecule has 1 aliphatic rings. The van der Waals surface area contributed by atoms with Gasteiger partial charge in [0.1, 0.15) is 6.10 Å². The number of carbonyl (C=O) groups is 1. The Morgan fingerprint density at radius 1 is 1.15 bits per heavy atom. The van der Waals surface area contributed by atoms with Gasteiger partial charge in [0.15, 0.2) is 0 Å². The van der Waals surface area contributed by atoms with E-state index < -0.39 is 0 Å². The molecule has 1 amide bonds. The molecule has 1 aliphatic heterocycles. The minimum Gasteiger partial charge on any atom is -0.367 e. The van der Waals surface area contributed by atoms with Crippen LogP contribution in [0.5, 0.6) is 0 Å². The third-order valence-electron chi connectivity index (χ3n) is 4.88. The lowest BCUT2D eigenvalue weighted by atomic mass is 10.0. The lowest BCUT2D eigenvalue weighted by molar-refractivity contribution is -0.0691. The van der Waals surface area contributed by atoms with Crippen molar-refractivity contribution in [2.75, 3.05) is 13.1 Å². The van der Waals surface area contributed by atoms with Gasteiger partial charge in [-0.05, 0) is 31.5 Å². The molecular weight excluding hydrogens is 338 g/mol. The van der Waals surface area contributed by atoms with Crippen LogP contribution >= 0.6 is 0 Å². The summed E-state index contributed by atoms with van der Waals surface area (Å²) in [7, 11) is 0. The highest BCUT2D eigenvalue weighted by atomic mass is 16.5. The largest absolute Gasteiger partial charge is 0.367 e. The summed E-state index contributed by atoms with van der Waals surface area (Å²) in [6.07, 6.45) is 5.16. The van der Waals surface area contributed by atoms with E-state index in [2.05, 4.69) is 17.1 Å². The molecule has 138 valence electrons. The summed E-state index contributed by atoms with van der Waals surface area (Å²) in [6.45, 7) is 5.15. The normalized spacial score (nSPS) is 19.9. The maximum absolute atomic E-state index is 13.4. The zero-order valence-electron chi connectivity index (χ0n) is 15.6. The highest BCUT2D eigenvalue weighted by Crippen LogP contribution is 2.27. The number of carbonyl (C=O) groups excluding carboxylic acids is 1. The van der Waals surface area contributed by atoms with E-state index >= 15 is 0 Å². The Morgan fingerprint density at radius 2 is 1.96 bits per heavy atom. The van der Waals surface area contributed by atoms with Gasteiger partial charge in [-0.1, -0.05) is 42.0 Å². The smallest absolute Gasteiger partial charge is 0.256 e. The van der Waals surface area contributed by atoms with Crippen LogP contribution in [0, 0.1) is 6.92 Å². The zero-order chi connectivity index (χ0) is 18.8. The molecule has 2 atom stereocenters. The van der Waals surface area contributed by atoms with E-state index in [0.29, 0.717) is 18.7 Å². The van der Waals surface area contributed by atoms with Gasteiger partial charge in [-0.3, -0.25) is 4.79 Å². The molecule has 0 N–H and O–H groups in total. The van der Waals surface area contributed by atoms with Crippen molar-refractivity contribution in [2.45, 2.75) is 26.1 Å². The lowest BCUT2D eigenvalue weighted by Crippen LogP contribution is -2.46. The van der Waals surface area contributed by atoms with Crippen molar-refractivity contribution in [1.82, 2.24) is 14.5 Å². The van der Waals surface area contributed by atoms with Crippen LogP contribution in [-0.4, -0.2) is 39.6 Å². The monoisotopic (exact) mass is 361 g/mol. The van der Waals surface area contributed by atoms with Gasteiger partial charge in [-0.2, -0.15) is 0 Å². The molecule has 2 aromatic carbocycles. The van der Waals surface area contributed by atoms with Crippen LogP contribution in [0.25, 0.3) is 5.69 Å². The Hall–Kier alpha value is -2.92. The van der Waals surface area contributed by atoms with Gasteiger partial charge in [-0.15, -0.1) is 0 Å². The SMILES string of the molecule is Cc1ccc(-n2ccnc2)c(C(=O)N2CC(C)OC(c3ccccc3)C2)c1. The zero-order valence-corrected chi connectivity index (χ0v) is 15.6. The summed E-state index contributed by atoms with van der Waals surface area (Å²) < 4.78 is 7.99. The molecule has 0 bridgehead atoms. The molecule has 0 aliphatic carbocycles. The number of aryl methyl sites for hydroxylation is 1. The Morgan fingerprint density at radius 3 is 2.70 bits per heavy atom. The second-order valence-electron chi connectivity index (χ2n) is 7.05. The number of benzene rings is 2. The Balaban J connectivity index is 1.65. The quantitative estimate of drug-likeness (QED) is 0.713. The number of nitrogens with zero attached hydrogens (tertiary/aromatic N) is 3. The van der Waals surface area contributed by atoms with Crippen LogP contribution in [0.1, 0.15) is 34.5 Å². The first-order chi connectivity index (χ1) is 13.1. The predicted octanol–water partition coefficient (Wildman–Crippen LogP) is 3.78. The second-order valence-corrected chi connectivity index (χ2v) is 7.05. The highest BCUT2D eigenvalue weighted by Gasteiger charge is 2.31. The topological polar surface area (TPSA) is 47.4 Å². The van der Waals surface area contributed by atoms with E-state index in [1.807, 2.05) is 65.9 Å². The van der Waals surface area contributed by atoms with E-state index in [0.717, 1.165) is 16.8 Å². The van der Waals surface area contributed by atoms with E-state index in [4.69, 9.17) is 4.74 Å². The Kier molecular flexibility index (Phi) is 4.77. The summed E-state index contributed by atoms with van der Waals surface area (Å²) in [5, 5.41) is 0. The number of rotatable bonds is 3. The fourth-order valence-corrected chi connectivity index (χ4v) is 3.59. The van der Waals surface area contributed by atoms with Crippen molar-refractivity contribution in [3.05, 3.63) is 83.9 Å². The number of ether oxygens (including phenoxy) is 1. The van der Waals surface area contributed by atoms with Crippen molar-refractivity contribution in [3.8, 4) is 5.69 Å². The number of amides is 1. The third-order valence-corrected chi connectivity index (χ3v) is 4.88. The molecule has 5 nitrogen and oxygen atoms in total. The number of morpholine rings is 1. The van der Waals surface area contributed by atoms with Crippen LogP contribution in [0.15, 0.2) is 67.3 Å². The number of aromatic nitrogens is 2. The molecule has 1 fully saturated rings. The molecule has 3 aromatic rings. The van der Waals surface area contributed by atoms with Crippen LogP contribution in [0.4, 0.5) is 0 Å². The average Bonchev–Trinajstić information content (AvgIpc) is 3.22. The maximum Gasteiger partial charge on any atom is 0.256 e. The summed E-state index contributed by atoms with van der Waals surface area (Å²) in [4.78, 5) is 19.4. The van der Waals surface area contributed by atoms with Gasteiger partial charge in [0, 0.05) is 18.9 Å². The molecule has 27 heavy (non-hydrogen) atoms. The van der Waals surface area contributed by atoms with E-state index in [1.165, 1.54) is 0 Å². The van der Waals surface area contributed by atoms with Crippen LogP contribution in [-0.2, 0) is 4.74 Å². The Labute approximate surface area is 159 Å². The van der Waals surface area contributed by atoms with Crippen LogP contribution in [0.3, 0.4) is 0 Å². The summed E-state index contributed by atoms with van der Waals surface area (Å²) in [5.41, 5.74) is 3.69. The molecule has 4 rings (SSSR count). The molecule has 2 heterocycles. The van der Waals surface area contributed by atoms with Gasteiger partial charge in [0.05, 0.1) is 30.2 Å². The fourth-order valence-electron chi connectivity index (χ4n) is 3.59. The van der Waals surface area contributed by atoms with Gasteiger partial charge in [-0.25, -0.2) is 4.98 Å². The fraction of sp³-hybridized carbons (Fsp3) is 0.273. The maximum atomic E-state index is 13.4. The number of hydrogen-bond acceptors (Lipinski definition) is 3. The van der Waals surface area contributed by atoms with Crippen molar-refractivity contribution in [1.29, 1.82) is 0 Å². The molecular formula is C22H23N3O2. The Bertz CT molecular complexity index is 922. The third kappa shape index (κ3) is 3.64. The molecule has 1 aromatic heterocycles. The molecule has 0 spiro atoms. The number of imidazole rings is 1. The standard InChI is InChI=1S/C22H23N3O2/c1-16-8-9-20(24-11-10-23-15-24)19(12-16)22(26)25-13-17(2)27-21(14-25)18-6-4-3-5-7-18/h3-12,15,17,21H,13-14H2,1-2H3. The first kappa shape index (κ1) is 17.5. The minimum atomic E-state index is -0.111. The van der Waals surface area contributed by atoms with Crippen LogP contribution in [0.2, 0.25) is 0 Å². The van der Waals surface area contributed by atoms with Crippen molar-refractivity contribution in [3.63, 3.8) is 0 Å². The molecule has 0 saturated carbocycles. The van der Waals surface area contributed by atoms with Crippen molar-refractivity contribution < 1.29 is 9.53 Å². The summed E-state index contributed by atoms with van der Waals surface area (Å²) in [5.74, 6) is 0.0264. The first-order valence-electron chi connectivity index (χ1n) is 9.20. The lowest BCUT2D eigenvalue weighted by Gasteiger charge is -2.37. The molecule has 1 saturated heterocycles. The van der Waals surface area contributed by atoms with E-state index in [1.54, 1.807) is 12.5 Å². The van der Waals surface area contributed by atoms with Gasteiger partial charge in [0.25, 0.3) is 5.91 Å². The first-order valence-corrected chi connectivity index (χ1v) is 9.20. The van der Waals surface area contributed by atoms with Gasteiger partial charge < -0.3 is 14.2 Å². The van der Waals surface area contributed by atoms with E-state index in [-0.39, 0.29) is 18.1 Å². The highest BCUT2D eigenvalue weighted by molar-refractivity contribution is 5.98. The van der Waals surface area contributed by atoms with Crippen LogP contribution < -0.4 is 0 Å². The van der Waals surface area contributed by atoms with Gasteiger partial charge >= 0.3 is 0 Å².